The molecule has 236 valence electrons. The van der Waals surface area contributed by atoms with E-state index in [1.165, 1.54) is 38.4 Å². The minimum absolute atomic E-state index is 0.127. The summed E-state index contributed by atoms with van der Waals surface area (Å²) < 4.78 is 16.0. The molecule has 1 aromatic carbocycles. The lowest BCUT2D eigenvalue weighted by Crippen LogP contribution is -2.57. The Hall–Kier alpha value is -4.35. The molecule has 1 heterocycles. The van der Waals surface area contributed by atoms with E-state index in [2.05, 4.69) is 22.5 Å². The molecule has 12 nitrogen and oxygen atoms in total. The molecule has 1 fully saturated rings. The van der Waals surface area contributed by atoms with E-state index in [1.807, 2.05) is 6.92 Å². The number of nitrogens with one attached hydrogen (secondary N) is 3. The molecule has 0 saturated carbocycles. The molecule has 1 saturated heterocycles. The summed E-state index contributed by atoms with van der Waals surface area (Å²) in [5, 5.41) is 7.88. The number of nitrogens with zero attached hydrogens (tertiary/aromatic N) is 1. The number of hydrogen-bond donors (Lipinski definition) is 3. The van der Waals surface area contributed by atoms with Crippen LogP contribution in [0.5, 0.6) is 17.2 Å². The molecule has 1 aliphatic rings. The van der Waals surface area contributed by atoms with Crippen molar-refractivity contribution >= 4 is 35.5 Å². The van der Waals surface area contributed by atoms with Crippen molar-refractivity contribution in [1.29, 1.82) is 0 Å². The predicted octanol–water partition coefficient (Wildman–Crippen LogP) is 2.01. The molecule has 3 atom stereocenters. The maximum Gasteiger partial charge on any atom is 0.289 e. The maximum absolute atomic E-state index is 13.6. The molecule has 4 amide bonds. The molecule has 3 N–H and O–H groups in total. The van der Waals surface area contributed by atoms with Crippen LogP contribution in [0.2, 0.25) is 0 Å². The second-order valence-electron chi connectivity index (χ2n) is 10.4. The number of hydrogen-bond acceptors (Lipinski definition) is 8. The predicted molar refractivity (Wildman–Crippen MR) is 162 cm³/mol. The number of Topliss-reactive ketones (excluding diaryl/α,β-unsaturated/α-hetero) is 1. The fourth-order valence-corrected chi connectivity index (χ4v) is 4.80. The quantitative estimate of drug-likeness (QED) is 0.148. The van der Waals surface area contributed by atoms with Crippen molar-refractivity contribution in [2.75, 3.05) is 34.4 Å². The Bertz CT molecular complexity index is 1190. The average Bonchev–Trinajstić information content (AvgIpc) is 3.50. The van der Waals surface area contributed by atoms with Crippen molar-refractivity contribution in [3.8, 4) is 17.2 Å². The molecule has 1 aromatic rings. The van der Waals surface area contributed by atoms with Crippen LogP contribution in [0.25, 0.3) is 6.08 Å². The summed E-state index contributed by atoms with van der Waals surface area (Å²) in [7, 11) is 4.48. The number of carbonyl (C=O) groups is 5. The van der Waals surface area contributed by atoms with Crippen LogP contribution in [-0.2, 0) is 24.0 Å². The molecule has 12 heteroatoms. The first kappa shape index (κ1) is 34.8. The van der Waals surface area contributed by atoms with E-state index in [-0.39, 0.29) is 18.9 Å². The van der Waals surface area contributed by atoms with E-state index < -0.39 is 47.5 Å². The maximum atomic E-state index is 13.6. The van der Waals surface area contributed by atoms with Crippen molar-refractivity contribution in [3.05, 3.63) is 36.4 Å². The van der Waals surface area contributed by atoms with Crippen molar-refractivity contribution in [1.82, 2.24) is 20.9 Å². The van der Waals surface area contributed by atoms with Gasteiger partial charge in [-0.2, -0.15) is 0 Å². The molecular formula is C31H44N4O8. The van der Waals surface area contributed by atoms with Gasteiger partial charge in [0.25, 0.3) is 5.91 Å². The summed E-state index contributed by atoms with van der Waals surface area (Å²) in [6, 6.07) is 0.625. The number of rotatable bonds is 16. The van der Waals surface area contributed by atoms with Crippen LogP contribution >= 0.6 is 0 Å². The van der Waals surface area contributed by atoms with Gasteiger partial charge >= 0.3 is 0 Å². The van der Waals surface area contributed by atoms with E-state index in [0.29, 0.717) is 48.6 Å². The number of ketones is 1. The van der Waals surface area contributed by atoms with Gasteiger partial charge in [-0.15, -0.1) is 6.58 Å². The second kappa shape index (κ2) is 16.9. The van der Waals surface area contributed by atoms with Gasteiger partial charge in [0.2, 0.25) is 29.3 Å². The van der Waals surface area contributed by atoms with Crippen LogP contribution < -0.4 is 30.2 Å². The number of amides is 4. The van der Waals surface area contributed by atoms with Crippen molar-refractivity contribution in [2.24, 2.45) is 5.92 Å². The van der Waals surface area contributed by atoms with Gasteiger partial charge in [0, 0.05) is 19.2 Å². The molecular weight excluding hydrogens is 556 g/mol. The number of methoxy groups -OCH3 is 3. The standard InChI is InChI=1S/C31H44N4O8/c1-8-11-21(27(37)30(39)32-15-9-2)33-29(38)22-12-10-16-35(22)31(40)26(19(3)4)34-25(36)14-13-20-17-23(41-5)28(43-7)24(18-20)42-6/h9,13-14,17-19,21-22,26H,2,8,10-12,15-16H2,1,3-7H3,(H,32,39)(H,33,38)(H,34,36)/b14-13+. The lowest BCUT2D eigenvalue weighted by Gasteiger charge is -2.31. The van der Waals surface area contributed by atoms with Crippen molar-refractivity contribution in [2.45, 2.75) is 64.6 Å². The highest BCUT2D eigenvalue weighted by atomic mass is 16.5. The van der Waals surface area contributed by atoms with Gasteiger partial charge in [0.1, 0.15) is 12.1 Å². The summed E-state index contributed by atoms with van der Waals surface area (Å²) in [4.78, 5) is 66.2. The molecule has 1 aliphatic heterocycles. The van der Waals surface area contributed by atoms with Gasteiger partial charge in [-0.3, -0.25) is 24.0 Å². The smallest absolute Gasteiger partial charge is 0.289 e. The Morgan fingerprint density at radius 3 is 2.23 bits per heavy atom. The van der Waals surface area contributed by atoms with Gasteiger partial charge in [0.05, 0.1) is 27.4 Å². The van der Waals surface area contributed by atoms with Crippen LogP contribution in [0.3, 0.4) is 0 Å². The van der Waals surface area contributed by atoms with E-state index in [9.17, 15) is 24.0 Å². The topological polar surface area (TPSA) is 152 Å². The fourth-order valence-electron chi connectivity index (χ4n) is 4.80. The monoisotopic (exact) mass is 600 g/mol. The third-order valence-corrected chi connectivity index (χ3v) is 7.02. The number of ether oxygens (including phenoxy) is 3. The minimum Gasteiger partial charge on any atom is -0.493 e. The van der Waals surface area contributed by atoms with Crippen LogP contribution in [-0.4, -0.2) is 86.9 Å². The second-order valence-corrected chi connectivity index (χ2v) is 10.4. The zero-order chi connectivity index (χ0) is 32.1. The van der Waals surface area contributed by atoms with E-state index in [1.54, 1.807) is 32.1 Å². The fraction of sp³-hybridized carbons (Fsp3) is 0.516. The van der Waals surface area contributed by atoms with Crippen LogP contribution in [0, 0.1) is 5.92 Å². The van der Waals surface area contributed by atoms with Gasteiger partial charge in [-0.05, 0) is 49.0 Å². The molecule has 43 heavy (non-hydrogen) atoms. The Labute approximate surface area is 253 Å². The third kappa shape index (κ3) is 9.32. The lowest BCUT2D eigenvalue weighted by atomic mass is 10.0. The third-order valence-electron chi connectivity index (χ3n) is 7.02. The summed E-state index contributed by atoms with van der Waals surface area (Å²) in [6.45, 7) is 9.40. The summed E-state index contributed by atoms with van der Waals surface area (Å²) in [6.07, 6.45) is 6.12. The van der Waals surface area contributed by atoms with Gasteiger partial charge in [-0.1, -0.05) is 33.3 Å². The largest absolute Gasteiger partial charge is 0.493 e. The Kier molecular flexibility index (Phi) is 13.7. The van der Waals surface area contributed by atoms with Gasteiger partial charge < -0.3 is 35.1 Å². The lowest BCUT2D eigenvalue weighted by molar-refractivity contribution is -0.143. The first-order valence-electron chi connectivity index (χ1n) is 14.3. The first-order valence-corrected chi connectivity index (χ1v) is 14.3. The van der Waals surface area contributed by atoms with Crippen LogP contribution in [0.15, 0.2) is 30.9 Å². The average molecular weight is 601 g/mol. The summed E-state index contributed by atoms with van der Waals surface area (Å²) in [5.41, 5.74) is 0.614. The van der Waals surface area contributed by atoms with Crippen LogP contribution in [0.1, 0.15) is 52.0 Å². The Morgan fingerprint density at radius 1 is 1.05 bits per heavy atom. The summed E-state index contributed by atoms with van der Waals surface area (Å²) >= 11 is 0. The molecule has 3 unspecified atom stereocenters. The Balaban J connectivity index is 2.16. The van der Waals surface area contributed by atoms with Gasteiger partial charge in [0.15, 0.2) is 11.5 Å². The molecule has 0 aromatic heterocycles. The van der Waals surface area contributed by atoms with Crippen molar-refractivity contribution < 1.29 is 38.2 Å². The zero-order valence-electron chi connectivity index (χ0n) is 25.9. The highest BCUT2D eigenvalue weighted by Crippen LogP contribution is 2.38. The highest BCUT2D eigenvalue weighted by Gasteiger charge is 2.40. The first-order chi connectivity index (χ1) is 20.5. The minimum atomic E-state index is -1.01. The number of likely N-dealkylation sites (tertiary alicyclic amines) is 1. The molecule has 0 radical (unpaired) electrons. The molecule has 0 spiro atoms. The molecule has 0 aliphatic carbocycles. The normalized spacial score (nSPS) is 15.9. The van der Waals surface area contributed by atoms with E-state index >= 15 is 0 Å². The SMILES string of the molecule is C=CCNC(=O)C(=O)C(CCC)NC(=O)C1CCCN1C(=O)C(NC(=O)/C=C/c1cc(OC)c(OC)c(OC)c1)C(C)C. The zero-order valence-corrected chi connectivity index (χ0v) is 25.9. The van der Waals surface area contributed by atoms with Crippen LogP contribution in [0.4, 0.5) is 0 Å². The highest BCUT2D eigenvalue weighted by molar-refractivity contribution is 6.38. The van der Waals surface area contributed by atoms with Gasteiger partial charge in [-0.25, -0.2) is 0 Å². The Morgan fingerprint density at radius 2 is 1.70 bits per heavy atom. The molecule has 0 bridgehead atoms. The molecule has 2 rings (SSSR count). The summed E-state index contributed by atoms with van der Waals surface area (Å²) in [5.74, 6) is -1.97. The number of carbonyl (C=O) groups excluding carboxylic acids is 5. The van der Waals surface area contributed by atoms with E-state index in [4.69, 9.17) is 14.2 Å². The van der Waals surface area contributed by atoms with E-state index in [0.717, 1.165) is 0 Å². The van der Waals surface area contributed by atoms with Crippen molar-refractivity contribution in [3.63, 3.8) is 0 Å². The number of benzene rings is 1.